The average molecular weight is 298 g/mol. The summed E-state index contributed by atoms with van der Waals surface area (Å²) in [6.45, 7) is 0. The van der Waals surface area contributed by atoms with Crippen LogP contribution in [-0.4, -0.2) is 8.42 Å². The van der Waals surface area contributed by atoms with Crippen LogP contribution >= 0.6 is 11.6 Å². The molecule has 0 amide bonds. The van der Waals surface area contributed by atoms with Crippen molar-refractivity contribution in [3.05, 3.63) is 47.5 Å². The van der Waals surface area contributed by atoms with Crippen LogP contribution in [0.5, 0.6) is 0 Å². The van der Waals surface area contributed by atoms with Crippen LogP contribution in [0, 0.1) is 0 Å². The fraction of sp³-hybridized carbons (Fsp3) is 0. The molecule has 5 N–H and O–H groups in total. The van der Waals surface area contributed by atoms with Crippen molar-refractivity contribution in [1.29, 1.82) is 0 Å². The Kier molecular flexibility index (Phi) is 3.66. The molecule has 7 heteroatoms. The molecular weight excluding hydrogens is 286 g/mol. The first-order valence-electron chi connectivity index (χ1n) is 5.32. The molecule has 0 aliphatic rings. The Morgan fingerprint density at radius 1 is 1.05 bits per heavy atom. The molecule has 0 aromatic heterocycles. The SMILES string of the molecule is Nc1ccc(S(N)(=O)=O)cc1Nc1ccccc1Cl. The van der Waals surface area contributed by atoms with Gasteiger partial charge in [-0.05, 0) is 30.3 Å². The van der Waals surface area contributed by atoms with Crippen molar-refractivity contribution < 1.29 is 8.42 Å². The van der Waals surface area contributed by atoms with Gasteiger partial charge in [-0.2, -0.15) is 0 Å². The van der Waals surface area contributed by atoms with Gasteiger partial charge in [-0.25, -0.2) is 13.6 Å². The Labute approximate surface area is 116 Å². The van der Waals surface area contributed by atoms with Crippen molar-refractivity contribution in [1.82, 2.24) is 0 Å². The van der Waals surface area contributed by atoms with Crippen molar-refractivity contribution in [2.75, 3.05) is 11.1 Å². The average Bonchev–Trinajstić information content (AvgIpc) is 2.33. The number of hydrogen-bond donors (Lipinski definition) is 3. The molecule has 0 radical (unpaired) electrons. The highest BCUT2D eigenvalue weighted by Gasteiger charge is 2.11. The predicted molar refractivity (Wildman–Crippen MR) is 77.0 cm³/mol. The Balaban J connectivity index is 2.43. The third kappa shape index (κ3) is 3.17. The van der Waals surface area contributed by atoms with Gasteiger partial charge in [0.25, 0.3) is 0 Å². The molecule has 0 heterocycles. The first-order valence-corrected chi connectivity index (χ1v) is 7.24. The maximum Gasteiger partial charge on any atom is 0.238 e. The molecular formula is C12H12ClN3O2S. The Bertz CT molecular complexity index is 717. The molecule has 2 aromatic carbocycles. The molecule has 0 aliphatic carbocycles. The summed E-state index contributed by atoms with van der Waals surface area (Å²) in [6.07, 6.45) is 0. The molecule has 0 unspecified atom stereocenters. The number of nitrogen functional groups attached to an aromatic ring is 1. The van der Waals surface area contributed by atoms with Crippen molar-refractivity contribution in [3.8, 4) is 0 Å². The van der Waals surface area contributed by atoms with Gasteiger partial charge in [0.15, 0.2) is 0 Å². The summed E-state index contributed by atoms with van der Waals surface area (Å²) in [4.78, 5) is -0.0174. The summed E-state index contributed by atoms with van der Waals surface area (Å²) < 4.78 is 22.6. The minimum absolute atomic E-state index is 0.0174. The van der Waals surface area contributed by atoms with Gasteiger partial charge < -0.3 is 11.1 Å². The fourth-order valence-electron chi connectivity index (χ4n) is 1.53. The number of benzene rings is 2. The maximum atomic E-state index is 11.3. The van der Waals surface area contributed by atoms with Crippen LogP contribution in [0.3, 0.4) is 0 Å². The van der Waals surface area contributed by atoms with E-state index in [0.717, 1.165) is 0 Å². The first-order chi connectivity index (χ1) is 8.88. The molecule has 0 spiro atoms. The second-order valence-electron chi connectivity index (χ2n) is 3.90. The highest BCUT2D eigenvalue weighted by Crippen LogP contribution is 2.29. The molecule has 0 fully saturated rings. The second-order valence-corrected chi connectivity index (χ2v) is 5.87. The van der Waals surface area contributed by atoms with Gasteiger partial charge in [-0.3, -0.25) is 0 Å². The minimum atomic E-state index is -3.77. The molecule has 100 valence electrons. The predicted octanol–water partition coefficient (Wildman–Crippen LogP) is 2.31. The number of primary sulfonamides is 1. The van der Waals surface area contributed by atoms with Gasteiger partial charge in [-0.1, -0.05) is 23.7 Å². The van der Waals surface area contributed by atoms with E-state index in [1.54, 1.807) is 24.3 Å². The standard InChI is InChI=1S/C12H12ClN3O2S/c13-9-3-1-2-4-11(9)16-12-7-8(19(15,17)18)5-6-10(12)14/h1-7,16H,14H2,(H2,15,17,18). The third-order valence-corrected chi connectivity index (χ3v) is 3.74. The smallest absolute Gasteiger partial charge is 0.238 e. The normalized spacial score (nSPS) is 11.3. The summed E-state index contributed by atoms with van der Waals surface area (Å²) in [5.41, 5.74) is 7.24. The Morgan fingerprint density at radius 3 is 2.37 bits per heavy atom. The van der Waals surface area contributed by atoms with E-state index in [4.69, 9.17) is 22.5 Å². The van der Waals surface area contributed by atoms with Gasteiger partial charge >= 0.3 is 0 Å². The van der Waals surface area contributed by atoms with Crippen molar-refractivity contribution in [2.24, 2.45) is 5.14 Å². The molecule has 5 nitrogen and oxygen atoms in total. The van der Waals surface area contributed by atoms with Crippen molar-refractivity contribution in [3.63, 3.8) is 0 Å². The quantitative estimate of drug-likeness (QED) is 0.757. The van der Waals surface area contributed by atoms with Gasteiger partial charge in [0, 0.05) is 0 Å². The highest BCUT2D eigenvalue weighted by atomic mass is 35.5. The molecule has 19 heavy (non-hydrogen) atoms. The highest BCUT2D eigenvalue weighted by molar-refractivity contribution is 7.89. The number of para-hydroxylation sites is 1. The van der Waals surface area contributed by atoms with Crippen molar-refractivity contribution >= 4 is 38.7 Å². The van der Waals surface area contributed by atoms with Crippen LogP contribution < -0.4 is 16.2 Å². The van der Waals surface area contributed by atoms with E-state index in [-0.39, 0.29) is 4.90 Å². The van der Waals surface area contributed by atoms with E-state index in [1.165, 1.54) is 18.2 Å². The Hall–Kier alpha value is -1.76. The lowest BCUT2D eigenvalue weighted by Crippen LogP contribution is -2.12. The summed E-state index contributed by atoms with van der Waals surface area (Å²) in [6, 6.07) is 11.2. The lowest BCUT2D eigenvalue weighted by atomic mass is 10.2. The molecule has 2 aromatic rings. The van der Waals surface area contributed by atoms with Crippen LogP contribution in [0.4, 0.5) is 17.1 Å². The van der Waals surface area contributed by atoms with Crippen LogP contribution in [-0.2, 0) is 10.0 Å². The zero-order valence-electron chi connectivity index (χ0n) is 9.80. The van der Waals surface area contributed by atoms with Gasteiger partial charge in [0.05, 0.1) is 27.0 Å². The summed E-state index contributed by atoms with van der Waals surface area (Å²) in [5.74, 6) is 0. The molecule has 0 saturated heterocycles. The fourth-order valence-corrected chi connectivity index (χ4v) is 2.25. The number of hydrogen-bond acceptors (Lipinski definition) is 4. The number of sulfonamides is 1. The molecule has 0 bridgehead atoms. The van der Waals surface area contributed by atoms with E-state index in [0.29, 0.717) is 22.1 Å². The van der Waals surface area contributed by atoms with E-state index in [2.05, 4.69) is 5.32 Å². The zero-order valence-corrected chi connectivity index (χ0v) is 11.4. The van der Waals surface area contributed by atoms with Crippen molar-refractivity contribution in [2.45, 2.75) is 4.90 Å². The van der Waals surface area contributed by atoms with Crippen LogP contribution in [0.25, 0.3) is 0 Å². The van der Waals surface area contributed by atoms with Crippen LogP contribution in [0.15, 0.2) is 47.4 Å². The topological polar surface area (TPSA) is 98.2 Å². The molecule has 2 rings (SSSR count). The van der Waals surface area contributed by atoms with Gasteiger partial charge in [0.1, 0.15) is 0 Å². The third-order valence-electron chi connectivity index (χ3n) is 2.50. The first kappa shape index (κ1) is 13.7. The number of halogens is 1. The van der Waals surface area contributed by atoms with E-state index in [9.17, 15) is 8.42 Å². The number of anilines is 3. The number of nitrogens with two attached hydrogens (primary N) is 2. The van der Waals surface area contributed by atoms with Crippen LogP contribution in [0.2, 0.25) is 5.02 Å². The van der Waals surface area contributed by atoms with Gasteiger partial charge in [-0.15, -0.1) is 0 Å². The number of nitrogens with one attached hydrogen (secondary N) is 1. The largest absolute Gasteiger partial charge is 0.397 e. The minimum Gasteiger partial charge on any atom is -0.397 e. The van der Waals surface area contributed by atoms with E-state index < -0.39 is 10.0 Å². The zero-order chi connectivity index (χ0) is 14.0. The van der Waals surface area contributed by atoms with Crippen LogP contribution in [0.1, 0.15) is 0 Å². The Morgan fingerprint density at radius 2 is 1.74 bits per heavy atom. The molecule has 0 atom stereocenters. The second kappa shape index (κ2) is 5.08. The summed E-state index contributed by atoms with van der Waals surface area (Å²) in [7, 11) is -3.77. The maximum absolute atomic E-state index is 11.3. The molecule has 0 saturated carbocycles. The van der Waals surface area contributed by atoms with E-state index in [1.807, 2.05) is 0 Å². The van der Waals surface area contributed by atoms with E-state index >= 15 is 0 Å². The molecule has 0 aliphatic heterocycles. The number of rotatable bonds is 3. The lowest BCUT2D eigenvalue weighted by Gasteiger charge is -2.11. The summed E-state index contributed by atoms with van der Waals surface area (Å²) >= 11 is 6.01. The summed E-state index contributed by atoms with van der Waals surface area (Å²) in [5, 5.41) is 8.56. The monoisotopic (exact) mass is 297 g/mol. The van der Waals surface area contributed by atoms with Gasteiger partial charge in [0.2, 0.25) is 10.0 Å². The lowest BCUT2D eigenvalue weighted by molar-refractivity contribution is 0.598.